The Morgan fingerprint density at radius 2 is 2.07 bits per heavy atom. The first kappa shape index (κ1) is 11.0. The third kappa shape index (κ3) is 2.70. The summed E-state index contributed by atoms with van der Waals surface area (Å²) in [6.07, 6.45) is -2.52. The minimum atomic E-state index is -2.52. The molecule has 0 amide bonds. The van der Waals surface area contributed by atoms with Crippen LogP contribution in [0.5, 0.6) is 0 Å². The number of nitrogen functional groups attached to an aromatic ring is 1. The molecule has 1 rings (SSSR count). The predicted molar refractivity (Wildman–Crippen MR) is 50.3 cm³/mol. The fourth-order valence-corrected chi connectivity index (χ4v) is 1.07. The molecule has 3 N–H and O–H groups in total. The Labute approximate surface area is 83.9 Å². The summed E-state index contributed by atoms with van der Waals surface area (Å²) in [6, 6.07) is 2.16. The van der Waals surface area contributed by atoms with E-state index in [2.05, 4.69) is 5.32 Å². The Hall–Kier alpha value is -1.10. The largest absolute Gasteiger partial charge is 0.397 e. The summed E-state index contributed by atoms with van der Waals surface area (Å²) in [7, 11) is 0. The van der Waals surface area contributed by atoms with Crippen molar-refractivity contribution in [3.63, 3.8) is 0 Å². The lowest BCUT2D eigenvalue weighted by Gasteiger charge is -2.09. The second-order valence-corrected chi connectivity index (χ2v) is 3.03. The van der Waals surface area contributed by atoms with Gasteiger partial charge in [-0.15, -0.1) is 0 Å². The smallest absolute Gasteiger partial charge is 0.255 e. The summed E-state index contributed by atoms with van der Waals surface area (Å²) in [4.78, 5) is 0. The molecule has 78 valence electrons. The molecule has 0 spiro atoms. The zero-order chi connectivity index (χ0) is 10.7. The van der Waals surface area contributed by atoms with E-state index in [4.69, 9.17) is 17.3 Å². The Balaban J connectivity index is 2.82. The lowest BCUT2D eigenvalue weighted by Crippen LogP contribution is -2.11. The van der Waals surface area contributed by atoms with E-state index in [1.165, 1.54) is 6.07 Å². The second-order valence-electron chi connectivity index (χ2n) is 2.63. The van der Waals surface area contributed by atoms with Crippen LogP contribution in [-0.4, -0.2) is 13.0 Å². The lowest BCUT2D eigenvalue weighted by molar-refractivity contribution is 0.163. The number of alkyl halides is 2. The summed E-state index contributed by atoms with van der Waals surface area (Å²) in [5, 5.41) is 2.17. The topological polar surface area (TPSA) is 38.0 Å². The summed E-state index contributed by atoms with van der Waals surface area (Å²) in [5.41, 5.74) is 5.67. The Morgan fingerprint density at radius 3 is 2.64 bits per heavy atom. The highest BCUT2D eigenvalue weighted by atomic mass is 35.5. The molecule has 0 fully saturated rings. The Bertz CT molecular complexity index is 331. The Kier molecular flexibility index (Phi) is 3.46. The van der Waals surface area contributed by atoms with Crippen molar-refractivity contribution in [2.24, 2.45) is 0 Å². The van der Waals surface area contributed by atoms with Crippen LogP contribution in [0.25, 0.3) is 0 Å². The van der Waals surface area contributed by atoms with Crippen LogP contribution < -0.4 is 11.1 Å². The number of hydrogen-bond donors (Lipinski definition) is 2. The van der Waals surface area contributed by atoms with E-state index in [1.807, 2.05) is 0 Å². The van der Waals surface area contributed by atoms with Crippen molar-refractivity contribution in [1.82, 2.24) is 0 Å². The van der Waals surface area contributed by atoms with Gasteiger partial charge in [0.05, 0.1) is 22.9 Å². The summed E-state index contributed by atoms with van der Waals surface area (Å²) in [5.74, 6) is -0.697. The van der Waals surface area contributed by atoms with Gasteiger partial charge in [0.25, 0.3) is 6.43 Å². The van der Waals surface area contributed by atoms with E-state index in [0.717, 1.165) is 6.07 Å². The molecule has 0 aromatic heterocycles. The van der Waals surface area contributed by atoms with Gasteiger partial charge in [0.1, 0.15) is 5.82 Å². The second kappa shape index (κ2) is 4.41. The molecule has 6 heteroatoms. The molecule has 1 aromatic rings. The summed E-state index contributed by atoms with van der Waals surface area (Å²) in [6.45, 7) is -0.578. The molecule has 0 saturated heterocycles. The summed E-state index contributed by atoms with van der Waals surface area (Å²) >= 11 is 5.42. The maximum atomic E-state index is 12.9. The first-order valence-corrected chi connectivity index (χ1v) is 4.15. The van der Waals surface area contributed by atoms with Gasteiger partial charge < -0.3 is 11.1 Å². The number of nitrogens with two attached hydrogens (primary N) is 1. The van der Waals surface area contributed by atoms with Gasteiger partial charge in [0.15, 0.2) is 0 Å². The van der Waals surface area contributed by atoms with Crippen LogP contribution >= 0.6 is 11.6 Å². The highest BCUT2D eigenvalue weighted by molar-refractivity contribution is 6.31. The normalized spacial score (nSPS) is 10.6. The average Bonchev–Trinajstić information content (AvgIpc) is 2.09. The van der Waals surface area contributed by atoms with E-state index in [0.29, 0.717) is 0 Å². The van der Waals surface area contributed by atoms with Crippen molar-refractivity contribution in [3.8, 4) is 0 Å². The zero-order valence-corrected chi connectivity index (χ0v) is 7.78. The van der Waals surface area contributed by atoms with Gasteiger partial charge in [0.2, 0.25) is 0 Å². The fourth-order valence-electron chi connectivity index (χ4n) is 0.902. The van der Waals surface area contributed by atoms with Crippen LogP contribution in [-0.2, 0) is 0 Å². The van der Waals surface area contributed by atoms with Crippen molar-refractivity contribution in [3.05, 3.63) is 23.0 Å². The van der Waals surface area contributed by atoms with E-state index in [1.54, 1.807) is 0 Å². The molecule has 0 aliphatic heterocycles. The maximum absolute atomic E-state index is 12.9. The standard InChI is InChI=1S/C8H8ClF3N2/c9-4-1-6(13)7(2-5(4)10)14-3-8(11)12/h1-2,8,14H,3,13H2. The van der Waals surface area contributed by atoms with Crippen molar-refractivity contribution >= 4 is 23.0 Å². The van der Waals surface area contributed by atoms with Gasteiger partial charge in [0, 0.05) is 6.07 Å². The highest BCUT2D eigenvalue weighted by Crippen LogP contribution is 2.26. The molecule has 0 heterocycles. The molecular formula is C8H8ClF3N2. The Morgan fingerprint density at radius 1 is 1.43 bits per heavy atom. The monoisotopic (exact) mass is 224 g/mol. The molecular weight excluding hydrogens is 217 g/mol. The molecule has 2 nitrogen and oxygen atoms in total. The van der Waals surface area contributed by atoms with E-state index >= 15 is 0 Å². The van der Waals surface area contributed by atoms with Gasteiger partial charge in [-0.2, -0.15) is 0 Å². The molecule has 0 bridgehead atoms. The van der Waals surface area contributed by atoms with Crippen molar-refractivity contribution < 1.29 is 13.2 Å². The molecule has 0 saturated carbocycles. The molecule has 0 unspecified atom stereocenters. The van der Waals surface area contributed by atoms with Gasteiger partial charge in [-0.05, 0) is 6.07 Å². The first-order valence-electron chi connectivity index (χ1n) is 3.77. The maximum Gasteiger partial charge on any atom is 0.255 e. The molecule has 0 radical (unpaired) electrons. The molecule has 14 heavy (non-hydrogen) atoms. The zero-order valence-electron chi connectivity index (χ0n) is 7.03. The van der Waals surface area contributed by atoms with E-state index < -0.39 is 18.8 Å². The number of benzene rings is 1. The van der Waals surface area contributed by atoms with Crippen LogP contribution in [0.1, 0.15) is 0 Å². The highest BCUT2D eigenvalue weighted by Gasteiger charge is 2.08. The minimum Gasteiger partial charge on any atom is -0.397 e. The minimum absolute atomic E-state index is 0.118. The van der Waals surface area contributed by atoms with Crippen LogP contribution in [0, 0.1) is 5.82 Å². The third-order valence-electron chi connectivity index (χ3n) is 1.54. The van der Waals surface area contributed by atoms with Crippen molar-refractivity contribution in [2.45, 2.75) is 6.43 Å². The summed E-state index contributed by atoms with van der Waals surface area (Å²) < 4.78 is 36.5. The molecule has 0 aliphatic carbocycles. The number of rotatable bonds is 3. The van der Waals surface area contributed by atoms with Crippen molar-refractivity contribution in [2.75, 3.05) is 17.6 Å². The van der Waals surface area contributed by atoms with Crippen LogP contribution in [0.4, 0.5) is 24.5 Å². The van der Waals surface area contributed by atoms with Gasteiger partial charge in [-0.1, -0.05) is 11.6 Å². The first-order chi connectivity index (χ1) is 6.50. The lowest BCUT2D eigenvalue weighted by atomic mass is 10.2. The number of halogens is 4. The van der Waals surface area contributed by atoms with E-state index in [9.17, 15) is 13.2 Å². The SMILES string of the molecule is Nc1cc(Cl)c(F)cc1NCC(F)F. The van der Waals surface area contributed by atoms with Crippen molar-refractivity contribution in [1.29, 1.82) is 0 Å². The van der Waals surface area contributed by atoms with Crippen LogP contribution in [0.15, 0.2) is 12.1 Å². The average molecular weight is 225 g/mol. The van der Waals surface area contributed by atoms with Gasteiger partial charge in [-0.25, -0.2) is 13.2 Å². The molecule has 1 aromatic carbocycles. The fraction of sp³-hybridized carbons (Fsp3) is 0.250. The molecule has 0 aliphatic rings. The van der Waals surface area contributed by atoms with E-state index in [-0.39, 0.29) is 16.4 Å². The third-order valence-corrected chi connectivity index (χ3v) is 1.83. The van der Waals surface area contributed by atoms with Gasteiger partial charge in [-0.3, -0.25) is 0 Å². The van der Waals surface area contributed by atoms with Crippen LogP contribution in [0.2, 0.25) is 5.02 Å². The number of hydrogen-bond acceptors (Lipinski definition) is 2. The molecule has 0 atom stereocenters. The number of anilines is 2. The quantitative estimate of drug-likeness (QED) is 0.775. The van der Waals surface area contributed by atoms with Gasteiger partial charge >= 0.3 is 0 Å². The predicted octanol–water partition coefficient (Wildman–Crippen LogP) is 2.74. The number of nitrogens with one attached hydrogen (secondary N) is 1. The van der Waals surface area contributed by atoms with Crippen LogP contribution in [0.3, 0.4) is 0 Å².